The summed E-state index contributed by atoms with van der Waals surface area (Å²) in [5.74, 6) is 0.260. The number of carbonyl (C=O) groups is 1. The zero-order valence-electron chi connectivity index (χ0n) is 16.4. The number of rotatable bonds is 6. The number of non-ortho nitro benzene ring substituents is 1. The standard InChI is InChI=1S/C18H28N4O5/c1-18(2,3)27-17(23)21(12-11-20-9-7-19-8-10-20)15-6-5-14(22(24)25)13-16(15)26-4/h5-6,13,19H,7-12H2,1-4H3. The lowest BCUT2D eigenvalue weighted by molar-refractivity contribution is -0.384. The first-order valence-corrected chi connectivity index (χ1v) is 8.97. The summed E-state index contributed by atoms with van der Waals surface area (Å²) in [5.41, 5.74) is -0.299. The van der Waals surface area contributed by atoms with Crippen LogP contribution >= 0.6 is 0 Å². The molecule has 1 N–H and O–H groups in total. The first kappa shape index (κ1) is 20.9. The molecular weight excluding hydrogens is 352 g/mol. The van der Waals surface area contributed by atoms with Crippen LogP contribution in [0.25, 0.3) is 0 Å². The smallest absolute Gasteiger partial charge is 0.414 e. The Bertz CT molecular complexity index is 668. The van der Waals surface area contributed by atoms with Crippen molar-refractivity contribution in [3.63, 3.8) is 0 Å². The van der Waals surface area contributed by atoms with Gasteiger partial charge in [-0.3, -0.25) is 19.9 Å². The fraction of sp³-hybridized carbons (Fsp3) is 0.611. The highest BCUT2D eigenvalue weighted by atomic mass is 16.6. The van der Waals surface area contributed by atoms with E-state index in [1.807, 2.05) is 0 Å². The first-order valence-electron chi connectivity index (χ1n) is 8.97. The molecule has 0 spiro atoms. The third-order valence-corrected chi connectivity index (χ3v) is 4.13. The van der Waals surface area contributed by atoms with Crippen molar-refractivity contribution < 1.29 is 19.2 Å². The molecule has 0 saturated carbocycles. The Morgan fingerprint density at radius 1 is 1.33 bits per heavy atom. The summed E-state index contributed by atoms with van der Waals surface area (Å²) in [6.07, 6.45) is -0.509. The number of nitrogens with one attached hydrogen (secondary N) is 1. The number of amides is 1. The third kappa shape index (κ3) is 6.07. The van der Waals surface area contributed by atoms with E-state index in [1.54, 1.807) is 20.8 Å². The fourth-order valence-corrected chi connectivity index (χ4v) is 2.81. The maximum absolute atomic E-state index is 12.8. The Labute approximate surface area is 159 Å². The van der Waals surface area contributed by atoms with Gasteiger partial charge in [0.1, 0.15) is 11.4 Å². The Kier molecular flexibility index (Phi) is 6.98. The van der Waals surface area contributed by atoms with Crippen LogP contribution in [-0.2, 0) is 4.74 Å². The average Bonchev–Trinajstić information content (AvgIpc) is 2.61. The van der Waals surface area contributed by atoms with Crippen LogP contribution in [-0.4, -0.2) is 67.9 Å². The van der Waals surface area contributed by atoms with E-state index < -0.39 is 16.6 Å². The predicted molar refractivity (Wildman–Crippen MR) is 103 cm³/mol. The maximum atomic E-state index is 12.8. The Morgan fingerprint density at radius 2 is 2.00 bits per heavy atom. The zero-order chi connectivity index (χ0) is 20.0. The second-order valence-corrected chi connectivity index (χ2v) is 7.34. The van der Waals surface area contributed by atoms with Crippen molar-refractivity contribution in [2.24, 2.45) is 0 Å². The van der Waals surface area contributed by atoms with Crippen molar-refractivity contribution in [2.45, 2.75) is 26.4 Å². The number of nitro groups is 1. The molecule has 150 valence electrons. The number of anilines is 1. The predicted octanol–water partition coefficient (Wildman–Crippen LogP) is 2.25. The zero-order valence-corrected chi connectivity index (χ0v) is 16.4. The molecule has 0 bridgehead atoms. The Morgan fingerprint density at radius 3 is 2.56 bits per heavy atom. The second-order valence-electron chi connectivity index (χ2n) is 7.34. The lowest BCUT2D eigenvalue weighted by Crippen LogP contribution is -2.47. The number of piperazine rings is 1. The van der Waals surface area contributed by atoms with Gasteiger partial charge in [-0.05, 0) is 26.8 Å². The van der Waals surface area contributed by atoms with Crippen molar-refractivity contribution in [3.05, 3.63) is 28.3 Å². The van der Waals surface area contributed by atoms with Gasteiger partial charge in [0.25, 0.3) is 5.69 Å². The second kappa shape index (κ2) is 9.01. The number of benzene rings is 1. The molecule has 0 aliphatic carbocycles. The van der Waals surface area contributed by atoms with E-state index in [-0.39, 0.29) is 11.4 Å². The summed E-state index contributed by atoms with van der Waals surface area (Å²) in [4.78, 5) is 27.1. The molecule has 2 rings (SSSR count). The topological polar surface area (TPSA) is 97.2 Å². The molecule has 9 heteroatoms. The molecule has 1 saturated heterocycles. The lowest BCUT2D eigenvalue weighted by atomic mass is 10.2. The summed E-state index contributed by atoms with van der Waals surface area (Å²) < 4.78 is 10.8. The molecule has 1 aliphatic heterocycles. The normalized spacial score (nSPS) is 15.3. The third-order valence-electron chi connectivity index (χ3n) is 4.13. The molecule has 0 radical (unpaired) electrons. The highest BCUT2D eigenvalue weighted by Gasteiger charge is 2.27. The summed E-state index contributed by atoms with van der Waals surface area (Å²) in [5, 5.41) is 14.3. The minimum absolute atomic E-state index is 0.0955. The van der Waals surface area contributed by atoms with E-state index in [0.717, 1.165) is 26.2 Å². The summed E-state index contributed by atoms with van der Waals surface area (Å²) in [7, 11) is 1.42. The van der Waals surface area contributed by atoms with Gasteiger partial charge in [0.15, 0.2) is 0 Å². The van der Waals surface area contributed by atoms with Gasteiger partial charge in [0.2, 0.25) is 0 Å². The fourth-order valence-electron chi connectivity index (χ4n) is 2.81. The van der Waals surface area contributed by atoms with Gasteiger partial charge in [0.05, 0.1) is 23.8 Å². The lowest BCUT2D eigenvalue weighted by Gasteiger charge is -2.32. The molecule has 1 aromatic carbocycles. The molecule has 1 amide bonds. The minimum atomic E-state index is -0.654. The van der Waals surface area contributed by atoms with E-state index >= 15 is 0 Å². The molecule has 0 unspecified atom stereocenters. The van der Waals surface area contributed by atoms with Crippen LogP contribution in [0.15, 0.2) is 18.2 Å². The van der Waals surface area contributed by atoms with Crippen LogP contribution in [0.2, 0.25) is 0 Å². The van der Waals surface area contributed by atoms with Crippen molar-refractivity contribution in [2.75, 3.05) is 51.3 Å². The van der Waals surface area contributed by atoms with E-state index in [0.29, 0.717) is 18.8 Å². The van der Waals surface area contributed by atoms with Crippen molar-refractivity contribution in [3.8, 4) is 5.75 Å². The van der Waals surface area contributed by atoms with E-state index in [2.05, 4.69) is 10.2 Å². The van der Waals surface area contributed by atoms with E-state index in [4.69, 9.17) is 9.47 Å². The summed E-state index contributed by atoms with van der Waals surface area (Å²) in [6, 6.07) is 4.20. The van der Waals surface area contributed by atoms with Crippen molar-refractivity contribution >= 4 is 17.5 Å². The Hall–Kier alpha value is -2.39. The number of hydrogen-bond acceptors (Lipinski definition) is 7. The van der Waals surface area contributed by atoms with Crippen molar-refractivity contribution in [1.29, 1.82) is 0 Å². The highest BCUT2D eigenvalue weighted by molar-refractivity contribution is 5.90. The van der Waals surface area contributed by atoms with Crippen LogP contribution in [0.5, 0.6) is 5.75 Å². The van der Waals surface area contributed by atoms with Gasteiger partial charge in [0, 0.05) is 45.3 Å². The van der Waals surface area contributed by atoms with Gasteiger partial charge in [-0.2, -0.15) is 0 Å². The molecular formula is C18H28N4O5. The average molecular weight is 380 g/mol. The molecule has 1 fully saturated rings. The molecule has 1 aromatic rings. The maximum Gasteiger partial charge on any atom is 0.414 e. The number of nitrogens with zero attached hydrogens (tertiary/aromatic N) is 3. The van der Waals surface area contributed by atoms with Gasteiger partial charge in [-0.15, -0.1) is 0 Å². The molecule has 1 aliphatic rings. The molecule has 1 heterocycles. The summed E-state index contributed by atoms with van der Waals surface area (Å²) >= 11 is 0. The van der Waals surface area contributed by atoms with Crippen LogP contribution in [0.1, 0.15) is 20.8 Å². The van der Waals surface area contributed by atoms with Gasteiger partial charge >= 0.3 is 6.09 Å². The number of ether oxygens (including phenoxy) is 2. The molecule has 0 aromatic heterocycles. The first-order chi connectivity index (χ1) is 12.7. The van der Waals surface area contributed by atoms with Gasteiger partial charge in [-0.1, -0.05) is 0 Å². The SMILES string of the molecule is COc1cc([N+](=O)[O-])ccc1N(CCN1CCNCC1)C(=O)OC(C)(C)C. The van der Waals surface area contributed by atoms with E-state index in [1.165, 1.54) is 30.2 Å². The highest BCUT2D eigenvalue weighted by Crippen LogP contribution is 2.33. The molecule has 0 atom stereocenters. The number of hydrogen-bond donors (Lipinski definition) is 1. The quantitative estimate of drug-likeness (QED) is 0.597. The van der Waals surface area contributed by atoms with Crippen LogP contribution in [0.4, 0.5) is 16.2 Å². The minimum Gasteiger partial charge on any atom is -0.494 e. The van der Waals surface area contributed by atoms with Gasteiger partial charge in [-0.25, -0.2) is 4.79 Å². The Balaban J connectivity index is 2.27. The number of methoxy groups -OCH3 is 1. The van der Waals surface area contributed by atoms with Crippen molar-refractivity contribution in [1.82, 2.24) is 10.2 Å². The number of nitro benzene ring substituents is 1. The van der Waals surface area contributed by atoms with Crippen LogP contribution < -0.4 is 15.0 Å². The number of carbonyl (C=O) groups excluding carboxylic acids is 1. The van der Waals surface area contributed by atoms with Crippen LogP contribution in [0, 0.1) is 10.1 Å². The van der Waals surface area contributed by atoms with Crippen LogP contribution in [0.3, 0.4) is 0 Å². The molecule has 27 heavy (non-hydrogen) atoms. The molecule has 9 nitrogen and oxygen atoms in total. The monoisotopic (exact) mass is 380 g/mol. The summed E-state index contributed by atoms with van der Waals surface area (Å²) in [6.45, 7) is 10.1. The largest absolute Gasteiger partial charge is 0.494 e. The van der Waals surface area contributed by atoms with E-state index in [9.17, 15) is 14.9 Å². The van der Waals surface area contributed by atoms with Gasteiger partial charge < -0.3 is 14.8 Å².